The molecule has 182 valence electrons. The van der Waals surface area contributed by atoms with Crippen molar-refractivity contribution in [3.8, 4) is 11.6 Å². The van der Waals surface area contributed by atoms with Crippen LogP contribution in [0.4, 0.5) is 5.69 Å². The van der Waals surface area contributed by atoms with Crippen LogP contribution in [-0.2, 0) is 9.59 Å². The summed E-state index contributed by atoms with van der Waals surface area (Å²) < 4.78 is 5.71. The third-order valence-electron chi connectivity index (χ3n) is 6.00. The van der Waals surface area contributed by atoms with Crippen LogP contribution in [0.1, 0.15) is 32.1 Å². The zero-order valence-corrected chi connectivity index (χ0v) is 20.8. The van der Waals surface area contributed by atoms with Crippen molar-refractivity contribution in [1.82, 2.24) is 15.6 Å². The molecule has 0 bridgehead atoms. The van der Waals surface area contributed by atoms with Crippen LogP contribution in [0.2, 0.25) is 0 Å². The lowest BCUT2D eigenvalue weighted by molar-refractivity contribution is -0.126. The minimum Gasteiger partial charge on any atom is -0.439 e. The summed E-state index contributed by atoms with van der Waals surface area (Å²) in [6.07, 6.45) is 8.03. The molecule has 2 atom stereocenters. The highest BCUT2D eigenvalue weighted by Crippen LogP contribution is 2.27. The number of aromatic nitrogens is 1. The molecule has 0 unspecified atom stereocenters. The Morgan fingerprint density at radius 1 is 1.15 bits per heavy atom. The van der Waals surface area contributed by atoms with Gasteiger partial charge in [-0.05, 0) is 42.7 Å². The molecule has 1 saturated heterocycles. The average molecular weight is 501 g/mol. The molecule has 3 N–H and O–H groups in total. The maximum absolute atomic E-state index is 13.1. The second-order valence-electron chi connectivity index (χ2n) is 8.66. The monoisotopic (exact) mass is 500 g/mol. The van der Waals surface area contributed by atoms with Crippen molar-refractivity contribution in [2.45, 2.75) is 44.2 Å². The molecule has 9 heteroatoms. The van der Waals surface area contributed by atoms with Crippen LogP contribution in [0.3, 0.4) is 0 Å². The van der Waals surface area contributed by atoms with E-state index in [1.165, 1.54) is 32.1 Å². The molecule has 1 aliphatic carbocycles. The molecule has 7 nitrogen and oxygen atoms in total. The van der Waals surface area contributed by atoms with Gasteiger partial charge in [-0.3, -0.25) is 14.9 Å². The molecule has 1 saturated carbocycles. The Kier molecular flexibility index (Phi) is 9.53. The van der Waals surface area contributed by atoms with Gasteiger partial charge in [-0.2, -0.15) is 11.8 Å². The summed E-state index contributed by atoms with van der Waals surface area (Å²) in [5.41, 5.74) is 0.566. The quantitative estimate of drug-likeness (QED) is 0.449. The van der Waals surface area contributed by atoms with Gasteiger partial charge in [0.25, 0.3) is 0 Å². The molecular formula is C25H32N4O3S2. The molecule has 0 radical (unpaired) electrons. The molecule has 2 heterocycles. The number of anilines is 1. The van der Waals surface area contributed by atoms with Gasteiger partial charge in [-0.25, -0.2) is 4.98 Å². The fourth-order valence-electron chi connectivity index (χ4n) is 4.08. The maximum atomic E-state index is 13.1. The average Bonchev–Trinajstić information content (AvgIpc) is 3.41. The number of hydrogen-bond donors (Lipinski definition) is 3. The summed E-state index contributed by atoms with van der Waals surface area (Å²) in [6.45, 7) is 0. The lowest BCUT2D eigenvalue weighted by Gasteiger charge is -2.23. The number of nitrogens with zero attached hydrogens (tertiary/aromatic N) is 1. The molecule has 4 rings (SSSR count). The van der Waals surface area contributed by atoms with E-state index in [0.29, 0.717) is 29.0 Å². The molecule has 2 amide bonds. The van der Waals surface area contributed by atoms with Gasteiger partial charge in [0.1, 0.15) is 11.8 Å². The van der Waals surface area contributed by atoms with Crippen LogP contribution in [0.5, 0.6) is 11.6 Å². The van der Waals surface area contributed by atoms with Crippen molar-refractivity contribution in [3.05, 3.63) is 48.7 Å². The Morgan fingerprint density at radius 2 is 1.97 bits per heavy atom. The van der Waals surface area contributed by atoms with E-state index in [1.54, 1.807) is 41.9 Å². The van der Waals surface area contributed by atoms with E-state index < -0.39 is 6.04 Å². The number of hydrogen-bond acceptors (Lipinski definition) is 7. The number of benzene rings is 1. The minimum atomic E-state index is -0.603. The Bertz CT molecular complexity index is 918. The Morgan fingerprint density at radius 3 is 2.68 bits per heavy atom. The number of amides is 2. The predicted octanol–water partition coefficient (Wildman–Crippen LogP) is 4.27. The predicted molar refractivity (Wildman–Crippen MR) is 139 cm³/mol. The minimum absolute atomic E-state index is 0.117. The maximum Gasteiger partial charge on any atom is 0.247 e. The number of nitrogens with one attached hydrogen (secondary N) is 3. The number of carbonyl (C=O) groups is 2. The largest absolute Gasteiger partial charge is 0.439 e. The Hall–Kier alpha value is -2.23. The van der Waals surface area contributed by atoms with Crippen molar-refractivity contribution < 1.29 is 14.3 Å². The van der Waals surface area contributed by atoms with Crippen molar-refractivity contribution in [1.29, 1.82) is 0 Å². The summed E-state index contributed by atoms with van der Waals surface area (Å²) in [7, 11) is 0. The lowest BCUT2D eigenvalue weighted by atomic mass is 9.91. The summed E-state index contributed by atoms with van der Waals surface area (Å²) in [6, 6.07) is 12.0. The Labute approximate surface area is 209 Å². The molecule has 2 fully saturated rings. The normalized spacial score (nSPS) is 19.4. The topological polar surface area (TPSA) is 92.4 Å². The van der Waals surface area contributed by atoms with Gasteiger partial charge < -0.3 is 15.4 Å². The molecule has 1 aromatic heterocycles. The van der Waals surface area contributed by atoms with Crippen molar-refractivity contribution in [3.63, 3.8) is 0 Å². The fourth-order valence-corrected chi connectivity index (χ4v) is 6.29. The number of pyridine rings is 1. The summed E-state index contributed by atoms with van der Waals surface area (Å²) in [5.74, 6) is 4.58. The highest BCUT2D eigenvalue weighted by atomic mass is 32.2. The zero-order chi connectivity index (χ0) is 23.6. The van der Waals surface area contributed by atoms with E-state index >= 15 is 0 Å². The van der Waals surface area contributed by atoms with E-state index in [1.807, 2.05) is 30.3 Å². The smallest absolute Gasteiger partial charge is 0.247 e. The first-order chi connectivity index (χ1) is 16.7. The second kappa shape index (κ2) is 13.0. The van der Waals surface area contributed by atoms with Gasteiger partial charge in [0.2, 0.25) is 17.7 Å². The summed E-state index contributed by atoms with van der Waals surface area (Å²) in [4.78, 5) is 30.1. The van der Waals surface area contributed by atoms with Crippen LogP contribution in [0.15, 0.2) is 48.7 Å². The SMILES string of the molecule is O=C(N[C@@H](CSCC1CCCCC1)C(=O)Nc1ccc(Oc2ccccc2)nc1)[C@@H]1CSCN1. The van der Waals surface area contributed by atoms with Gasteiger partial charge >= 0.3 is 0 Å². The first kappa shape index (κ1) is 24.9. The standard InChI is InChI=1S/C25H32N4O3S2/c30-24(21-15-34-17-27-21)29-22(16-33-14-18-7-3-1-4-8-18)25(31)28-19-11-12-23(26-13-19)32-20-9-5-2-6-10-20/h2,5-6,9-13,18,21-22,27H,1,3-4,7-8,14-17H2,(H,28,31)(H,29,30)/t21-,22-/m0/s1. The third kappa shape index (κ3) is 7.65. The van der Waals surface area contributed by atoms with E-state index in [9.17, 15) is 9.59 Å². The molecule has 34 heavy (non-hydrogen) atoms. The van der Waals surface area contributed by atoms with Crippen LogP contribution in [0.25, 0.3) is 0 Å². The van der Waals surface area contributed by atoms with E-state index in [2.05, 4.69) is 20.9 Å². The van der Waals surface area contributed by atoms with Crippen molar-refractivity contribution in [2.75, 3.05) is 28.5 Å². The number of para-hydroxylation sites is 1. The highest BCUT2D eigenvalue weighted by molar-refractivity contribution is 7.99. The zero-order valence-electron chi connectivity index (χ0n) is 19.2. The summed E-state index contributed by atoms with van der Waals surface area (Å²) >= 11 is 3.45. The number of carbonyl (C=O) groups excluding carboxylic acids is 2. The van der Waals surface area contributed by atoms with Crippen LogP contribution >= 0.6 is 23.5 Å². The molecule has 2 aliphatic rings. The first-order valence-electron chi connectivity index (χ1n) is 11.9. The van der Waals surface area contributed by atoms with Crippen LogP contribution in [-0.4, -0.2) is 52.0 Å². The van der Waals surface area contributed by atoms with Gasteiger partial charge in [0.05, 0.1) is 17.9 Å². The lowest BCUT2D eigenvalue weighted by Crippen LogP contribution is -2.51. The number of thioether (sulfide) groups is 2. The fraction of sp³-hybridized carbons (Fsp3) is 0.480. The molecule has 2 aromatic rings. The molecule has 1 aliphatic heterocycles. The van der Waals surface area contributed by atoms with Crippen LogP contribution in [0, 0.1) is 5.92 Å². The van der Waals surface area contributed by atoms with E-state index in [-0.39, 0.29) is 17.9 Å². The molecule has 0 spiro atoms. The van der Waals surface area contributed by atoms with Gasteiger partial charge in [-0.15, -0.1) is 11.8 Å². The Balaban J connectivity index is 1.33. The highest BCUT2D eigenvalue weighted by Gasteiger charge is 2.28. The van der Waals surface area contributed by atoms with Crippen molar-refractivity contribution >= 4 is 41.0 Å². The van der Waals surface area contributed by atoms with Gasteiger partial charge in [0.15, 0.2) is 0 Å². The molecular weight excluding hydrogens is 468 g/mol. The summed E-state index contributed by atoms with van der Waals surface area (Å²) in [5, 5.41) is 9.05. The number of ether oxygens (including phenoxy) is 1. The first-order valence-corrected chi connectivity index (χ1v) is 14.2. The van der Waals surface area contributed by atoms with E-state index in [4.69, 9.17) is 4.74 Å². The number of rotatable bonds is 10. The van der Waals surface area contributed by atoms with Crippen LogP contribution < -0.4 is 20.7 Å². The van der Waals surface area contributed by atoms with Gasteiger partial charge in [-0.1, -0.05) is 37.5 Å². The molecule has 1 aromatic carbocycles. The van der Waals surface area contributed by atoms with Gasteiger partial charge in [0, 0.05) is 23.4 Å². The third-order valence-corrected chi connectivity index (χ3v) is 8.21. The van der Waals surface area contributed by atoms with Crippen molar-refractivity contribution in [2.24, 2.45) is 5.92 Å². The van der Waals surface area contributed by atoms with E-state index in [0.717, 1.165) is 17.4 Å². The second-order valence-corrected chi connectivity index (χ2v) is 10.8.